The molecule has 0 radical (unpaired) electrons. The number of benzene rings is 1. The van der Waals surface area contributed by atoms with Gasteiger partial charge in [-0.25, -0.2) is 4.79 Å². The number of rotatable bonds is 2. The number of aromatic nitrogens is 1. The Kier molecular flexibility index (Phi) is 2.72. The number of hydrogen-bond acceptors (Lipinski definition) is 4. The van der Waals surface area contributed by atoms with Crippen LogP contribution in [0.5, 0.6) is 5.95 Å². The molecule has 1 aromatic heterocycles. The number of hydrogen-bond donors (Lipinski definition) is 0. The van der Waals surface area contributed by atoms with Crippen molar-refractivity contribution in [3.8, 4) is 5.95 Å². The van der Waals surface area contributed by atoms with Crippen molar-refractivity contribution in [1.29, 1.82) is 0 Å². The summed E-state index contributed by atoms with van der Waals surface area (Å²) in [5.41, 5.74) is 2.06. The Hall–Kier alpha value is -2.10. The van der Waals surface area contributed by atoms with E-state index in [-0.39, 0.29) is 5.95 Å². The molecule has 0 aliphatic heterocycles. The van der Waals surface area contributed by atoms with Crippen LogP contribution in [0.15, 0.2) is 34.9 Å². The fourth-order valence-corrected chi connectivity index (χ4v) is 1.34. The molecule has 0 saturated carbocycles. The normalized spacial score (nSPS) is 10.1. The SMILES string of the molecule is Cc1cc(OC(=O)c2ccccc2C)on1. The van der Waals surface area contributed by atoms with E-state index >= 15 is 0 Å². The Morgan fingerprint density at radius 3 is 2.69 bits per heavy atom. The van der Waals surface area contributed by atoms with Gasteiger partial charge in [0.2, 0.25) is 0 Å². The molecule has 2 rings (SSSR count). The van der Waals surface area contributed by atoms with Gasteiger partial charge in [-0.1, -0.05) is 23.4 Å². The van der Waals surface area contributed by atoms with Gasteiger partial charge in [-0.05, 0) is 25.5 Å². The molecule has 0 spiro atoms. The van der Waals surface area contributed by atoms with Gasteiger partial charge >= 0.3 is 11.9 Å². The lowest BCUT2D eigenvalue weighted by Crippen LogP contribution is -2.09. The Labute approximate surface area is 92.8 Å². The minimum Gasteiger partial charge on any atom is -0.387 e. The first-order valence-corrected chi connectivity index (χ1v) is 4.88. The summed E-state index contributed by atoms with van der Waals surface area (Å²) in [6, 6.07) is 8.78. The lowest BCUT2D eigenvalue weighted by molar-refractivity contribution is 0.0679. The quantitative estimate of drug-likeness (QED) is 0.725. The summed E-state index contributed by atoms with van der Waals surface area (Å²) in [7, 11) is 0. The van der Waals surface area contributed by atoms with Gasteiger partial charge in [0, 0.05) is 6.07 Å². The van der Waals surface area contributed by atoms with Crippen molar-refractivity contribution in [1.82, 2.24) is 5.16 Å². The van der Waals surface area contributed by atoms with E-state index in [4.69, 9.17) is 9.26 Å². The third-order valence-electron chi connectivity index (χ3n) is 2.16. The van der Waals surface area contributed by atoms with E-state index in [1.165, 1.54) is 0 Å². The minimum atomic E-state index is -0.436. The average molecular weight is 217 g/mol. The minimum absolute atomic E-state index is 0.116. The molecule has 1 heterocycles. The van der Waals surface area contributed by atoms with Crippen LogP contribution in [0, 0.1) is 13.8 Å². The van der Waals surface area contributed by atoms with Gasteiger partial charge in [-0.2, -0.15) is 0 Å². The van der Waals surface area contributed by atoms with Gasteiger partial charge in [-0.15, -0.1) is 0 Å². The predicted octanol–water partition coefficient (Wildman–Crippen LogP) is 2.51. The number of ether oxygens (including phenoxy) is 1. The molecule has 82 valence electrons. The van der Waals surface area contributed by atoms with E-state index in [2.05, 4.69) is 5.16 Å². The third kappa shape index (κ3) is 2.11. The molecule has 0 atom stereocenters. The highest BCUT2D eigenvalue weighted by Crippen LogP contribution is 2.15. The summed E-state index contributed by atoms with van der Waals surface area (Å²) >= 11 is 0. The lowest BCUT2D eigenvalue weighted by atomic mass is 10.1. The van der Waals surface area contributed by atoms with E-state index in [1.54, 1.807) is 25.1 Å². The van der Waals surface area contributed by atoms with Crippen molar-refractivity contribution in [3.05, 3.63) is 47.2 Å². The zero-order valence-corrected chi connectivity index (χ0v) is 9.06. The second-order valence-corrected chi connectivity index (χ2v) is 3.49. The van der Waals surface area contributed by atoms with Crippen LogP contribution in [0.25, 0.3) is 0 Å². The Morgan fingerprint density at radius 1 is 1.31 bits per heavy atom. The van der Waals surface area contributed by atoms with Crippen LogP contribution in [0.1, 0.15) is 21.6 Å². The fraction of sp³-hybridized carbons (Fsp3) is 0.167. The van der Waals surface area contributed by atoms with Crippen LogP contribution < -0.4 is 4.74 Å². The lowest BCUT2D eigenvalue weighted by Gasteiger charge is -2.02. The number of aryl methyl sites for hydroxylation is 2. The molecule has 4 nitrogen and oxygen atoms in total. The van der Waals surface area contributed by atoms with Crippen molar-refractivity contribution in [2.45, 2.75) is 13.8 Å². The van der Waals surface area contributed by atoms with Crippen LogP contribution in [-0.2, 0) is 0 Å². The van der Waals surface area contributed by atoms with Crippen LogP contribution >= 0.6 is 0 Å². The molecule has 0 unspecified atom stereocenters. The summed E-state index contributed by atoms with van der Waals surface area (Å²) in [6.45, 7) is 3.61. The van der Waals surface area contributed by atoms with E-state index in [9.17, 15) is 4.79 Å². The van der Waals surface area contributed by atoms with Gasteiger partial charge in [0.15, 0.2) is 0 Å². The Balaban J connectivity index is 2.18. The molecule has 0 aliphatic carbocycles. The van der Waals surface area contributed by atoms with Gasteiger partial charge < -0.3 is 9.26 Å². The van der Waals surface area contributed by atoms with Crippen molar-refractivity contribution in [2.24, 2.45) is 0 Å². The van der Waals surface area contributed by atoms with Crippen molar-refractivity contribution < 1.29 is 14.1 Å². The van der Waals surface area contributed by atoms with Crippen LogP contribution in [-0.4, -0.2) is 11.1 Å². The Bertz CT molecular complexity index is 516. The summed E-state index contributed by atoms with van der Waals surface area (Å²) in [5.74, 6) is -0.319. The molecule has 0 saturated heterocycles. The molecule has 0 N–H and O–H groups in total. The highest BCUT2D eigenvalue weighted by Gasteiger charge is 2.13. The zero-order chi connectivity index (χ0) is 11.5. The molecule has 0 amide bonds. The summed E-state index contributed by atoms with van der Waals surface area (Å²) in [5, 5.41) is 3.63. The maximum absolute atomic E-state index is 11.7. The molecule has 16 heavy (non-hydrogen) atoms. The molecule has 4 heteroatoms. The molecule has 1 aromatic carbocycles. The summed E-state index contributed by atoms with van der Waals surface area (Å²) in [6.07, 6.45) is 0. The zero-order valence-electron chi connectivity index (χ0n) is 9.06. The largest absolute Gasteiger partial charge is 0.387 e. The smallest absolute Gasteiger partial charge is 0.346 e. The number of nitrogens with zero attached hydrogens (tertiary/aromatic N) is 1. The highest BCUT2D eigenvalue weighted by atomic mass is 16.6. The highest BCUT2D eigenvalue weighted by molar-refractivity contribution is 5.92. The average Bonchev–Trinajstić information content (AvgIpc) is 2.64. The van der Waals surface area contributed by atoms with Gasteiger partial charge in [0.05, 0.1) is 11.3 Å². The van der Waals surface area contributed by atoms with Crippen LogP contribution in [0.4, 0.5) is 0 Å². The monoisotopic (exact) mass is 217 g/mol. The number of esters is 1. The third-order valence-corrected chi connectivity index (χ3v) is 2.16. The van der Waals surface area contributed by atoms with Crippen LogP contribution in [0.3, 0.4) is 0 Å². The molecular weight excluding hydrogens is 206 g/mol. The molecule has 2 aromatic rings. The van der Waals surface area contributed by atoms with E-state index in [0.717, 1.165) is 5.56 Å². The van der Waals surface area contributed by atoms with E-state index in [0.29, 0.717) is 11.3 Å². The first-order chi connectivity index (χ1) is 7.66. The fourth-order valence-electron chi connectivity index (χ4n) is 1.34. The first kappa shape index (κ1) is 10.4. The van der Waals surface area contributed by atoms with Crippen molar-refractivity contribution >= 4 is 5.97 Å². The predicted molar refractivity (Wildman–Crippen MR) is 57.4 cm³/mol. The second kappa shape index (κ2) is 4.18. The second-order valence-electron chi connectivity index (χ2n) is 3.49. The van der Waals surface area contributed by atoms with Crippen LogP contribution in [0.2, 0.25) is 0 Å². The van der Waals surface area contributed by atoms with Gasteiger partial charge in [0.25, 0.3) is 0 Å². The number of carbonyl (C=O) groups excluding carboxylic acids is 1. The van der Waals surface area contributed by atoms with Crippen molar-refractivity contribution in [2.75, 3.05) is 0 Å². The Morgan fingerprint density at radius 2 is 2.06 bits per heavy atom. The van der Waals surface area contributed by atoms with Crippen molar-refractivity contribution in [3.63, 3.8) is 0 Å². The first-order valence-electron chi connectivity index (χ1n) is 4.88. The van der Waals surface area contributed by atoms with E-state index in [1.807, 2.05) is 19.1 Å². The number of carbonyl (C=O) groups is 1. The van der Waals surface area contributed by atoms with Gasteiger partial charge in [0.1, 0.15) is 0 Å². The topological polar surface area (TPSA) is 52.3 Å². The van der Waals surface area contributed by atoms with Gasteiger partial charge in [-0.3, -0.25) is 0 Å². The van der Waals surface area contributed by atoms with E-state index < -0.39 is 5.97 Å². The molecular formula is C12H11NO3. The molecule has 0 bridgehead atoms. The standard InChI is InChI=1S/C12H11NO3/c1-8-5-3-4-6-10(8)12(14)15-11-7-9(2)13-16-11/h3-7H,1-2H3. The maximum atomic E-state index is 11.7. The summed E-state index contributed by atoms with van der Waals surface area (Å²) in [4.78, 5) is 11.7. The molecule has 0 fully saturated rings. The molecule has 0 aliphatic rings. The maximum Gasteiger partial charge on any atom is 0.346 e. The summed E-state index contributed by atoms with van der Waals surface area (Å²) < 4.78 is 9.84.